The highest BCUT2D eigenvalue weighted by atomic mass is 16.4. The van der Waals surface area contributed by atoms with Gasteiger partial charge in [0.2, 0.25) is 0 Å². The topological polar surface area (TPSA) is 73.3 Å². The van der Waals surface area contributed by atoms with Gasteiger partial charge >= 0.3 is 5.97 Å². The minimum absolute atomic E-state index is 0.101. The van der Waals surface area contributed by atoms with Crippen LogP contribution in [0.15, 0.2) is 12.1 Å². The number of aromatic amines is 1. The summed E-state index contributed by atoms with van der Waals surface area (Å²) in [6.45, 7) is -0.159. The number of carbonyl (C=O) groups is 1. The van der Waals surface area contributed by atoms with Crippen LogP contribution in [0.25, 0.3) is 0 Å². The molecule has 0 atom stereocenters. The van der Waals surface area contributed by atoms with E-state index in [1.807, 2.05) is 0 Å². The molecule has 0 fully saturated rings. The van der Waals surface area contributed by atoms with E-state index in [-0.39, 0.29) is 12.3 Å². The predicted molar refractivity (Wildman–Crippen MR) is 33.7 cm³/mol. The maximum atomic E-state index is 10.2. The summed E-state index contributed by atoms with van der Waals surface area (Å²) in [5.41, 5.74) is 0.612. The van der Waals surface area contributed by atoms with Gasteiger partial charge in [-0.2, -0.15) is 0 Å². The summed E-state index contributed by atoms with van der Waals surface area (Å²) in [5, 5.41) is 16.9. The number of nitrogens with one attached hydrogen (secondary N) is 1. The van der Waals surface area contributed by atoms with E-state index in [2.05, 4.69) is 4.98 Å². The fraction of sp³-hybridized carbons (Fsp3) is 0.167. The molecular weight excluding hydrogens is 134 g/mol. The zero-order valence-electron chi connectivity index (χ0n) is 5.16. The average molecular weight is 141 g/mol. The fourth-order valence-electron chi connectivity index (χ4n) is 0.657. The monoisotopic (exact) mass is 141 g/mol. The fourth-order valence-corrected chi connectivity index (χ4v) is 0.657. The molecule has 10 heavy (non-hydrogen) atoms. The highest BCUT2D eigenvalue weighted by molar-refractivity contribution is 5.85. The summed E-state index contributed by atoms with van der Waals surface area (Å²) in [4.78, 5) is 12.7. The lowest BCUT2D eigenvalue weighted by atomic mass is 10.4. The molecule has 0 aliphatic heterocycles. The van der Waals surface area contributed by atoms with Crippen LogP contribution in [0, 0.1) is 0 Å². The number of carboxylic acid groups (broad SMARTS) is 1. The molecule has 1 aromatic heterocycles. The molecule has 4 heteroatoms. The molecule has 3 N–H and O–H groups in total. The van der Waals surface area contributed by atoms with Gasteiger partial charge in [0.1, 0.15) is 5.69 Å². The van der Waals surface area contributed by atoms with E-state index in [4.69, 9.17) is 10.2 Å². The minimum Gasteiger partial charge on any atom is -0.477 e. The molecule has 1 heterocycles. The lowest BCUT2D eigenvalue weighted by Gasteiger charge is -1.86. The normalized spacial score (nSPS) is 9.70. The molecule has 0 saturated carbocycles. The summed E-state index contributed by atoms with van der Waals surface area (Å²) in [6, 6.07) is 2.94. The Hall–Kier alpha value is -1.29. The number of hydrogen-bond donors (Lipinski definition) is 3. The van der Waals surface area contributed by atoms with Crippen LogP contribution in [-0.2, 0) is 6.61 Å². The molecule has 0 bridgehead atoms. The SMILES string of the molecule is O=C(O)c1ccc(CO)[nH]1. The van der Waals surface area contributed by atoms with Crippen molar-refractivity contribution in [2.45, 2.75) is 6.61 Å². The van der Waals surface area contributed by atoms with Gasteiger partial charge in [-0.15, -0.1) is 0 Å². The van der Waals surface area contributed by atoms with E-state index in [0.717, 1.165) is 0 Å². The van der Waals surface area contributed by atoms with Crippen LogP contribution >= 0.6 is 0 Å². The van der Waals surface area contributed by atoms with Crippen molar-refractivity contribution in [1.29, 1.82) is 0 Å². The van der Waals surface area contributed by atoms with Crippen molar-refractivity contribution in [2.24, 2.45) is 0 Å². The van der Waals surface area contributed by atoms with E-state index in [0.29, 0.717) is 5.69 Å². The Labute approximate surface area is 57.1 Å². The number of rotatable bonds is 2. The molecular formula is C6H7NO3. The molecule has 1 aromatic rings. The van der Waals surface area contributed by atoms with Gasteiger partial charge in [0.25, 0.3) is 0 Å². The largest absolute Gasteiger partial charge is 0.477 e. The summed E-state index contributed by atoms with van der Waals surface area (Å²) < 4.78 is 0. The second-order valence-electron chi connectivity index (χ2n) is 1.86. The first-order valence-corrected chi connectivity index (χ1v) is 2.76. The highest BCUT2D eigenvalue weighted by Crippen LogP contribution is 2.00. The van der Waals surface area contributed by atoms with Gasteiger partial charge in [0.05, 0.1) is 6.61 Å². The minimum atomic E-state index is -1.01. The molecule has 54 valence electrons. The van der Waals surface area contributed by atoms with Crippen LogP contribution in [0.4, 0.5) is 0 Å². The molecule has 0 unspecified atom stereocenters. The van der Waals surface area contributed by atoms with Gasteiger partial charge in [0.15, 0.2) is 0 Å². The molecule has 1 rings (SSSR count). The van der Waals surface area contributed by atoms with E-state index in [1.165, 1.54) is 12.1 Å². The predicted octanol–water partition coefficient (Wildman–Crippen LogP) is 0.205. The molecule has 0 amide bonds. The summed E-state index contributed by atoms with van der Waals surface area (Å²) in [6.07, 6.45) is 0. The molecule has 0 aliphatic rings. The van der Waals surface area contributed by atoms with Crippen molar-refractivity contribution in [3.05, 3.63) is 23.5 Å². The Balaban J connectivity index is 2.88. The number of aromatic carboxylic acids is 1. The van der Waals surface area contributed by atoms with Crippen LogP contribution in [0.3, 0.4) is 0 Å². The van der Waals surface area contributed by atoms with E-state index in [1.54, 1.807) is 0 Å². The maximum absolute atomic E-state index is 10.2. The van der Waals surface area contributed by atoms with Gasteiger partial charge in [-0.3, -0.25) is 0 Å². The molecule has 0 radical (unpaired) electrons. The molecule has 0 aromatic carbocycles. The first-order chi connectivity index (χ1) is 4.74. The van der Waals surface area contributed by atoms with Gasteiger partial charge in [0, 0.05) is 5.69 Å². The lowest BCUT2D eigenvalue weighted by Crippen LogP contribution is -1.96. The van der Waals surface area contributed by atoms with Crippen LogP contribution in [0.1, 0.15) is 16.2 Å². The number of carboxylic acids is 1. The van der Waals surface area contributed by atoms with Crippen LogP contribution in [-0.4, -0.2) is 21.2 Å². The number of aromatic nitrogens is 1. The Morgan fingerprint density at radius 3 is 2.60 bits per heavy atom. The van der Waals surface area contributed by atoms with Crippen molar-refractivity contribution >= 4 is 5.97 Å². The summed E-state index contributed by atoms with van der Waals surface area (Å²) in [7, 11) is 0. The molecule has 0 saturated heterocycles. The molecule has 0 aliphatic carbocycles. The second-order valence-corrected chi connectivity index (χ2v) is 1.86. The third-order valence-corrected chi connectivity index (χ3v) is 1.15. The first-order valence-electron chi connectivity index (χ1n) is 2.76. The third kappa shape index (κ3) is 1.16. The number of aliphatic hydroxyl groups is 1. The third-order valence-electron chi connectivity index (χ3n) is 1.15. The first kappa shape index (κ1) is 6.82. The average Bonchev–Trinajstić information content (AvgIpc) is 2.34. The van der Waals surface area contributed by atoms with E-state index in [9.17, 15) is 4.79 Å². The van der Waals surface area contributed by atoms with Crippen molar-refractivity contribution in [1.82, 2.24) is 4.98 Å². The Morgan fingerprint density at radius 1 is 1.60 bits per heavy atom. The van der Waals surface area contributed by atoms with Gasteiger partial charge in [-0.25, -0.2) is 4.79 Å². The van der Waals surface area contributed by atoms with Crippen LogP contribution in [0.2, 0.25) is 0 Å². The van der Waals surface area contributed by atoms with Crippen LogP contribution < -0.4 is 0 Å². The standard InChI is InChI=1S/C6H7NO3/c8-3-4-1-2-5(7-4)6(9)10/h1-2,7-8H,3H2,(H,9,10). The Kier molecular flexibility index (Phi) is 1.73. The van der Waals surface area contributed by atoms with Crippen molar-refractivity contribution in [3.8, 4) is 0 Å². The maximum Gasteiger partial charge on any atom is 0.352 e. The Morgan fingerprint density at radius 2 is 2.30 bits per heavy atom. The van der Waals surface area contributed by atoms with Gasteiger partial charge < -0.3 is 15.2 Å². The van der Waals surface area contributed by atoms with Crippen molar-refractivity contribution in [2.75, 3.05) is 0 Å². The molecule has 0 spiro atoms. The smallest absolute Gasteiger partial charge is 0.352 e. The van der Waals surface area contributed by atoms with E-state index < -0.39 is 5.97 Å². The second kappa shape index (κ2) is 2.53. The number of aliphatic hydroxyl groups excluding tert-OH is 1. The van der Waals surface area contributed by atoms with E-state index >= 15 is 0 Å². The highest BCUT2D eigenvalue weighted by Gasteiger charge is 2.03. The number of hydrogen-bond acceptors (Lipinski definition) is 2. The van der Waals surface area contributed by atoms with Crippen molar-refractivity contribution in [3.63, 3.8) is 0 Å². The lowest BCUT2D eigenvalue weighted by molar-refractivity contribution is 0.0691. The zero-order valence-corrected chi connectivity index (χ0v) is 5.16. The van der Waals surface area contributed by atoms with Gasteiger partial charge in [-0.05, 0) is 12.1 Å². The van der Waals surface area contributed by atoms with Crippen molar-refractivity contribution < 1.29 is 15.0 Å². The van der Waals surface area contributed by atoms with Gasteiger partial charge in [-0.1, -0.05) is 0 Å². The Bertz CT molecular complexity index is 241. The van der Waals surface area contributed by atoms with Crippen LogP contribution in [0.5, 0.6) is 0 Å². The number of H-pyrrole nitrogens is 1. The summed E-state index contributed by atoms with van der Waals surface area (Å²) in [5.74, 6) is -1.01. The zero-order chi connectivity index (χ0) is 7.56. The quantitative estimate of drug-likeness (QED) is 0.551. The summed E-state index contributed by atoms with van der Waals surface area (Å²) >= 11 is 0. The molecule has 4 nitrogen and oxygen atoms in total.